The normalized spacial score (nSPS) is 13.4. The lowest BCUT2D eigenvalue weighted by Gasteiger charge is -2.32. The van der Waals surface area contributed by atoms with Crippen LogP contribution in [0.15, 0.2) is 0 Å². The highest BCUT2D eigenvalue weighted by atomic mass is 32.2. The molecule has 0 aromatic rings. The van der Waals surface area contributed by atoms with E-state index in [1.807, 2.05) is 0 Å². The second-order valence-electron chi connectivity index (χ2n) is 4.68. The molecule has 0 fully saturated rings. The fourth-order valence-corrected chi connectivity index (χ4v) is 2.68. The molecule has 0 aliphatic carbocycles. The SMILES string of the molecule is CCC(CC)(CC)NCCS(=O)(=O)C(C)C. The highest BCUT2D eigenvalue weighted by molar-refractivity contribution is 7.92. The minimum Gasteiger partial charge on any atom is -0.310 e. The molecule has 16 heavy (non-hydrogen) atoms. The summed E-state index contributed by atoms with van der Waals surface area (Å²) in [5, 5.41) is 3.14. The van der Waals surface area contributed by atoms with Gasteiger partial charge >= 0.3 is 0 Å². The van der Waals surface area contributed by atoms with Crippen molar-refractivity contribution in [3.8, 4) is 0 Å². The Hall–Kier alpha value is -0.0900. The van der Waals surface area contributed by atoms with Gasteiger partial charge in [-0.2, -0.15) is 0 Å². The second kappa shape index (κ2) is 6.60. The summed E-state index contributed by atoms with van der Waals surface area (Å²) in [4.78, 5) is 0. The van der Waals surface area contributed by atoms with Gasteiger partial charge in [-0.3, -0.25) is 0 Å². The molecule has 0 aliphatic rings. The van der Waals surface area contributed by atoms with Crippen LogP contribution >= 0.6 is 0 Å². The first-order chi connectivity index (χ1) is 7.33. The minimum atomic E-state index is -2.91. The van der Waals surface area contributed by atoms with Crippen LogP contribution in [0.2, 0.25) is 0 Å². The Kier molecular flexibility index (Phi) is 6.56. The van der Waals surface area contributed by atoms with Crippen LogP contribution in [0.5, 0.6) is 0 Å². The third kappa shape index (κ3) is 4.42. The maximum absolute atomic E-state index is 11.6. The minimum absolute atomic E-state index is 0.118. The standard InChI is InChI=1S/C12H27NO2S/c1-6-12(7-2,8-3)13-9-10-16(14,15)11(4)5/h11,13H,6-10H2,1-5H3. The second-order valence-corrected chi connectivity index (χ2v) is 7.36. The van der Waals surface area contributed by atoms with Crippen molar-refractivity contribution in [2.45, 2.75) is 64.7 Å². The molecule has 1 N–H and O–H groups in total. The summed E-state index contributed by atoms with van der Waals surface area (Å²) >= 11 is 0. The first-order valence-corrected chi connectivity index (χ1v) is 8.01. The molecule has 0 heterocycles. The van der Waals surface area contributed by atoms with Crippen molar-refractivity contribution in [1.82, 2.24) is 5.32 Å². The predicted molar refractivity (Wildman–Crippen MR) is 70.5 cm³/mol. The van der Waals surface area contributed by atoms with Crippen molar-refractivity contribution in [2.24, 2.45) is 0 Å². The number of sulfone groups is 1. The predicted octanol–water partition coefficient (Wildman–Crippen LogP) is 2.37. The molecule has 0 saturated carbocycles. The van der Waals surface area contributed by atoms with Gasteiger partial charge in [0.05, 0.1) is 11.0 Å². The highest BCUT2D eigenvalue weighted by Crippen LogP contribution is 2.18. The third-order valence-corrected chi connectivity index (χ3v) is 5.84. The van der Waals surface area contributed by atoms with Gasteiger partial charge in [-0.25, -0.2) is 8.42 Å². The third-order valence-electron chi connectivity index (χ3n) is 3.64. The van der Waals surface area contributed by atoms with Gasteiger partial charge in [0.15, 0.2) is 9.84 Å². The Balaban J connectivity index is 4.25. The number of hydrogen-bond donors (Lipinski definition) is 1. The average Bonchev–Trinajstić information content (AvgIpc) is 2.25. The number of hydrogen-bond acceptors (Lipinski definition) is 3. The van der Waals surface area contributed by atoms with E-state index < -0.39 is 9.84 Å². The average molecular weight is 249 g/mol. The smallest absolute Gasteiger partial charge is 0.153 e. The van der Waals surface area contributed by atoms with Gasteiger partial charge in [0.2, 0.25) is 0 Å². The number of nitrogens with one attached hydrogen (secondary N) is 1. The van der Waals surface area contributed by atoms with Gasteiger partial charge < -0.3 is 5.32 Å². The molecule has 98 valence electrons. The van der Waals surface area contributed by atoms with Crippen molar-refractivity contribution < 1.29 is 8.42 Å². The molecule has 0 radical (unpaired) electrons. The van der Waals surface area contributed by atoms with Gasteiger partial charge in [-0.05, 0) is 33.1 Å². The molecule has 0 unspecified atom stereocenters. The summed E-state index contributed by atoms with van der Waals surface area (Å²) < 4.78 is 23.3. The number of rotatable bonds is 8. The fourth-order valence-electron chi connectivity index (χ4n) is 1.82. The maximum atomic E-state index is 11.6. The van der Waals surface area contributed by atoms with Gasteiger partial charge in [0.25, 0.3) is 0 Å². The molecule has 0 spiro atoms. The molecule has 0 amide bonds. The van der Waals surface area contributed by atoms with Crippen LogP contribution in [0.1, 0.15) is 53.9 Å². The van der Waals surface area contributed by atoms with Crippen molar-refractivity contribution in [2.75, 3.05) is 12.3 Å². The van der Waals surface area contributed by atoms with E-state index in [4.69, 9.17) is 0 Å². The molecular formula is C12H27NO2S. The fraction of sp³-hybridized carbons (Fsp3) is 1.00. The lowest BCUT2D eigenvalue weighted by Crippen LogP contribution is -2.46. The lowest BCUT2D eigenvalue weighted by atomic mass is 9.90. The molecule has 0 aliphatic heterocycles. The van der Waals surface area contributed by atoms with Crippen molar-refractivity contribution in [3.63, 3.8) is 0 Å². The zero-order valence-corrected chi connectivity index (χ0v) is 12.2. The van der Waals surface area contributed by atoms with E-state index in [9.17, 15) is 8.42 Å². The van der Waals surface area contributed by atoms with Crippen LogP contribution in [0.3, 0.4) is 0 Å². The molecule has 0 atom stereocenters. The van der Waals surface area contributed by atoms with Crippen LogP contribution in [0, 0.1) is 0 Å². The summed E-state index contributed by atoms with van der Waals surface area (Å²) in [7, 11) is -2.91. The van der Waals surface area contributed by atoms with Crippen LogP contribution in [0.25, 0.3) is 0 Å². The largest absolute Gasteiger partial charge is 0.310 e. The van der Waals surface area contributed by atoms with E-state index in [1.54, 1.807) is 13.8 Å². The Morgan fingerprint density at radius 1 is 1.06 bits per heavy atom. The van der Waals surface area contributed by atoms with E-state index in [2.05, 4.69) is 26.1 Å². The molecule has 4 heteroatoms. The highest BCUT2D eigenvalue weighted by Gasteiger charge is 2.24. The Morgan fingerprint density at radius 2 is 1.50 bits per heavy atom. The van der Waals surface area contributed by atoms with Crippen molar-refractivity contribution in [3.05, 3.63) is 0 Å². The Morgan fingerprint density at radius 3 is 1.81 bits per heavy atom. The molecule has 0 saturated heterocycles. The van der Waals surface area contributed by atoms with E-state index >= 15 is 0 Å². The van der Waals surface area contributed by atoms with Gasteiger partial charge in [0.1, 0.15) is 0 Å². The zero-order valence-electron chi connectivity index (χ0n) is 11.3. The monoisotopic (exact) mass is 249 g/mol. The lowest BCUT2D eigenvalue weighted by molar-refractivity contribution is 0.297. The molecule has 0 aromatic heterocycles. The van der Waals surface area contributed by atoms with Crippen LogP contribution in [-0.4, -0.2) is 31.5 Å². The van der Waals surface area contributed by atoms with Gasteiger partial charge in [0, 0.05) is 12.1 Å². The maximum Gasteiger partial charge on any atom is 0.153 e. The van der Waals surface area contributed by atoms with Crippen LogP contribution < -0.4 is 5.32 Å². The summed E-state index contributed by atoms with van der Waals surface area (Å²) in [6.45, 7) is 10.5. The Bertz CT molecular complexity index is 271. The molecule has 0 bridgehead atoms. The van der Waals surface area contributed by atoms with E-state index in [0.717, 1.165) is 19.3 Å². The topological polar surface area (TPSA) is 46.2 Å². The first-order valence-electron chi connectivity index (χ1n) is 6.30. The summed E-state index contributed by atoms with van der Waals surface area (Å²) in [5.41, 5.74) is 0.118. The van der Waals surface area contributed by atoms with Gasteiger partial charge in [-0.15, -0.1) is 0 Å². The molecule has 3 nitrogen and oxygen atoms in total. The van der Waals surface area contributed by atoms with Crippen molar-refractivity contribution >= 4 is 9.84 Å². The summed E-state index contributed by atoms with van der Waals surface area (Å²) in [5.74, 6) is 0.242. The van der Waals surface area contributed by atoms with Crippen LogP contribution in [0.4, 0.5) is 0 Å². The van der Waals surface area contributed by atoms with E-state index in [0.29, 0.717) is 6.54 Å². The summed E-state index contributed by atoms with van der Waals surface area (Å²) in [6, 6.07) is 0. The first kappa shape index (κ1) is 15.9. The summed E-state index contributed by atoms with van der Waals surface area (Å²) in [6.07, 6.45) is 3.13. The van der Waals surface area contributed by atoms with E-state index in [1.165, 1.54) is 0 Å². The van der Waals surface area contributed by atoms with E-state index in [-0.39, 0.29) is 16.5 Å². The molecule has 0 aromatic carbocycles. The van der Waals surface area contributed by atoms with Crippen LogP contribution in [-0.2, 0) is 9.84 Å². The molecular weight excluding hydrogens is 222 g/mol. The Labute approximate surface area is 101 Å². The zero-order chi connectivity index (χ0) is 12.8. The molecule has 0 rings (SSSR count). The quantitative estimate of drug-likeness (QED) is 0.718. The van der Waals surface area contributed by atoms with Crippen molar-refractivity contribution in [1.29, 1.82) is 0 Å². The van der Waals surface area contributed by atoms with Gasteiger partial charge in [-0.1, -0.05) is 20.8 Å².